The number of rotatable bonds is 11. The summed E-state index contributed by atoms with van der Waals surface area (Å²) >= 11 is 0. The molecule has 0 aromatic carbocycles. The van der Waals surface area contributed by atoms with Gasteiger partial charge in [-0.25, -0.2) is 0 Å². The summed E-state index contributed by atoms with van der Waals surface area (Å²) < 4.78 is 6.64. The van der Waals surface area contributed by atoms with Crippen LogP contribution in [-0.2, 0) is 14.3 Å². The molecule has 2 aliphatic carbocycles. The Morgan fingerprint density at radius 2 is 1.23 bits per heavy atom. The van der Waals surface area contributed by atoms with Crippen molar-refractivity contribution in [1.82, 2.24) is 0 Å². The number of carbonyl (C=O) groups excluding carboxylic acids is 2. The van der Waals surface area contributed by atoms with Gasteiger partial charge in [0.1, 0.15) is 17.3 Å². The van der Waals surface area contributed by atoms with Crippen LogP contribution in [-0.4, -0.2) is 21.8 Å². The molecule has 1 unspecified atom stereocenters. The molecule has 2 N–H and O–H groups in total. The number of allylic oxidation sites excluding steroid dienone is 16. The number of hydrogen-bond acceptors (Lipinski definition) is 5. The summed E-state index contributed by atoms with van der Waals surface area (Å²) in [6.45, 7) is 18.2. The third kappa shape index (κ3) is 7.49. The molecule has 0 aromatic heterocycles. The first-order valence-electron chi connectivity index (χ1n) is 15.4. The molecule has 0 amide bonds. The van der Waals surface area contributed by atoms with Gasteiger partial charge in [0.25, 0.3) is 0 Å². The first-order chi connectivity index (χ1) is 20.1. The van der Waals surface area contributed by atoms with Crippen LogP contribution in [0.1, 0.15) is 107 Å². The van der Waals surface area contributed by atoms with Gasteiger partial charge in [-0.15, -0.1) is 0 Å². The summed E-state index contributed by atoms with van der Waals surface area (Å²) in [6, 6.07) is 0. The number of carbonyl (C=O) groups is 2. The fourth-order valence-corrected chi connectivity index (χ4v) is 5.88. The maximum absolute atomic E-state index is 14.0. The minimum atomic E-state index is -1.08. The maximum atomic E-state index is 14.0. The standard InChI is InChI=1S/C38H50O5/c1-24(2)11-10-12-28(9)16-20-37(17-13-25(3)4)30-21-29-31(39)23-34(41)38(18-14-26(5)6,19-15-27(7)8)36(29)43-33(30)22-32(40)35(37)42/h11,13-16,22-23,39-40H,10,12,17-21H2,1-9H3/b28-16+. The molecule has 0 saturated heterocycles. The quantitative estimate of drug-likeness (QED) is 0.235. The van der Waals surface area contributed by atoms with Crippen molar-refractivity contribution in [3.05, 3.63) is 105 Å². The molecule has 1 atom stereocenters. The molecule has 0 bridgehead atoms. The highest BCUT2D eigenvalue weighted by Crippen LogP contribution is 2.55. The molecule has 3 rings (SSSR count). The van der Waals surface area contributed by atoms with Gasteiger partial charge in [0.2, 0.25) is 5.78 Å². The third-order valence-corrected chi connectivity index (χ3v) is 8.60. The summed E-state index contributed by atoms with van der Waals surface area (Å²) in [5.41, 5.74) is 4.82. The molecule has 0 saturated carbocycles. The van der Waals surface area contributed by atoms with E-state index in [9.17, 15) is 19.8 Å². The van der Waals surface area contributed by atoms with Crippen LogP contribution in [0.2, 0.25) is 0 Å². The Hall–Kier alpha value is -3.60. The van der Waals surface area contributed by atoms with E-state index >= 15 is 0 Å². The van der Waals surface area contributed by atoms with Gasteiger partial charge in [0, 0.05) is 24.1 Å². The lowest BCUT2D eigenvalue weighted by molar-refractivity contribution is -0.127. The Bertz CT molecular complexity index is 1410. The van der Waals surface area contributed by atoms with Gasteiger partial charge in [-0.3, -0.25) is 9.59 Å². The molecule has 5 nitrogen and oxygen atoms in total. The number of aliphatic hydroxyl groups is 2. The van der Waals surface area contributed by atoms with Crippen LogP contribution in [0.4, 0.5) is 0 Å². The molecule has 0 fully saturated rings. The lowest BCUT2D eigenvalue weighted by Crippen LogP contribution is -2.42. The normalized spacial score (nSPS) is 21.2. The fraction of sp³-hybridized carbons (Fsp3) is 0.474. The second-order valence-corrected chi connectivity index (χ2v) is 13.4. The molecule has 0 radical (unpaired) electrons. The molecule has 0 aromatic rings. The van der Waals surface area contributed by atoms with E-state index in [-0.39, 0.29) is 29.5 Å². The van der Waals surface area contributed by atoms with E-state index in [1.165, 1.54) is 23.3 Å². The van der Waals surface area contributed by atoms with Crippen molar-refractivity contribution in [3.8, 4) is 0 Å². The Kier molecular flexibility index (Phi) is 10.9. The van der Waals surface area contributed by atoms with Gasteiger partial charge in [-0.2, -0.15) is 0 Å². The summed E-state index contributed by atoms with van der Waals surface area (Å²) in [7, 11) is 0. The van der Waals surface area contributed by atoms with Crippen LogP contribution < -0.4 is 0 Å². The van der Waals surface area contributed by atoms with E-state index in [0.29, 0.717) is 42.8 Å². The highest BCUT2D eigenvalue weighted by molar-refractivity contribution is 6.03. The van der Waals surface area contributed by atoms with Gasteiger partial charge >= 0.3 is 0 Å². The molecule has 3 aliphatic rings. The van der Waals surface area contributed by atoms with Gasteiger partial charge < -0.3 is 14.9 Å². The fourth-order valence-electron chi connectivity index (χ4n) is 5.88. The van der Waals surface area contributed by atoms with Gasteiger partial charge in [0.05, 0.1) is 10.8 Å². The number of ketones is 2. The number of ether oxygens (including phenoxy) is 1. The Balaban J connectivity index is 2.19. The zero-order chi connectivity index (χ0) is 32.1. The van der Waals surface area contributed by atoms with E-state index in [1.807, 2.05) is 59.8 Å². The number of Topliss-reactive ketones (excluding diaryl/α,β-unsaturated/α-hetero) is 1. The summed E-state index contributed by atoms with van der Waals surface area (Å²) in [4.78, 5) is 27.7. The largest absolute Gasteiger partial charge is 0.507 e. The van der Waals surface area contributed by atoms with Crippen molar-refractivity contribution in [2.45, 2.75) is 107 Å². The van der Waals surface area contributed by atoms with E-state index in [2.05, 4.69) is 32.9 Å². The minimum Gasteiger partial charge on any atom is -0.507 e. The molecule has 0 spiro atoms. The molecular weight excluding hydrogens is 536 g/mol. The Labute approximate surface area is 258 Å². The van der Waals surface area contributed by atoms with Gasteiger partial charge in [-0.05, 0) is 106 Å². The van der Waals surface area contributed by atoms with Crippen molar-refractivity contribution in [3.63, 3.8) is 0 Å². The molecule has 5 heteroatoms. The highest BCUT2D eigenvalue weighted by atomic mass is 16.5. The molecule has 232 valence electrons. The first kappa shape index (κ1) is 33.9. The average Bonchev–Trinajstić information content (AvgIpc) is 2.91. The van der Waals surface area contributed by atoms with Crippen LogP contribution in [0.15, 0.2) is 105 Å². The van der Waals surface area contributed by atoms with Gasteiger partial charge in [-0.1, -0.05) is 58.2 Å². The van der Waals surface area contributed by atoms with Gasteiger partial charge in [0.15, 0.2) is 11.5 Å². The van der Waals surface area contributed by atoms with E-state index in [4.69, 9.17) is 4.74 Å². The van der Waals surface area contributed by atoms with Crippen LogP contribution in [0.25, 0.3) is 0 Å². The monoisotopic (exact) mass is 586 g/mol. The van der Waals surface area contributed by atoms with Crippen LogP contribution in [0.5, 0.6) is 0 Å². The van der Waals surface area contributed by atoms with Crippen molar-refractivity contribution < 1.29 is 24.5 Å². The van der Waals surface area contributed by atoms with Crippen LogP contribution >= 0.6 is 0 Å². The van der Waals surface area contributed by atoms with E-state index in [0.717, 1.165) is 35.1 Å². The SMILES string of the molecule is CC(C)=CCC/C(C)=C/CC1(CC=C(C)C)C(=O)C(O)=CC2=C1CC1=C(O2)C(CC=C(C)C)(CC=C(C)C)C(=O)C=C1O. The predicted molar refractivity (Wildman–Crippen MR) is 175 cm³/mol. The van der Waals surface area contributed by atoms with Crippen molar-refractivity contribution in [2.75, 3.05) is 0 Å². The second kappa shape index (κ2) is 13.8. The average molecular weight is 587 g/mol. The topological polar surface area (TPSA) is 83.8 Å². The lowest BCUT2D eigenvalue weighted by atomic mass is 9.63. The Morgan fingerprint density at radius 3 is 1.77 bits per heavy atom. The number of hydrogen-bond donors (Lipinski definition) is 2. The Morgan fingerprint density at radius 1 is 0.721 bits per heavy atom. The summed E-state index contributed by atoms with van der Waals surface area (Å²) in [5.74, 6) is -0.216. The van der Waals surface area contributed by atoms with E-state index < -0.39 is 10.8 Å². The van der Waals surface area contributed by atoms with Crippen molar-refractivity contribution >= 4 is 11.6 Å². The number of aliphatic hydroxyl groups excluding tert-OH is 2. The summed E-state index contributed by atoms with van der Waals surface area (Å²) in [5, 5.41) is 22.2. The zero-order valence-corrected chi connectivity index (χ0v) is 27.6. The first-order valence-corrected chi connectivity index (χ1v) is 15.4. The third-order valence-electron chi connectivity index (χ3n) is 8.60. The van der Waals surface area contributed by atoms with Crippen molar-refractivity contribution in [2.24, 2.45) is 10.8 Å². The smallest absolute Gasteiger partial charge is 0.208 e. The zero-order valence-electron chi connectivity index (χ0n) is 27.6. The molecular formula is C38H50O5. The van der Waals surface area contributed by atoms with Crippen LogP contribution in [0, 0.1) is 10.8 Å². The predicted octanol–water partition coefficient (Wildman–Crippen LogP) is 10.1. The molecule has 1 heterocycles. The maximum Gasteiger partial charge on any atom is 0.208 e. The molecule has 43 heavy (non-hydrogen) atoms. The van der Waals surface area contributed by atoms with Crippen LogP contribution in [0.3, 0.4) is 0 Å². The lowest BCUT2D eigenvalue weighted by Gasteiger charge is -2.44. The molecule has 1 aliphatic heterocycles. The van der Waals surface area contributed by atoms with E-state index in [1.54, 1.807) is 0 Å². The summed E-state index contributed by atoms with van der Waals surface area (Å²) in [6.07, 6.45) is 16.8. The minimum absolute atomic E-state index is 0.118. The van der Waals surface area contributed by atoms with Crippen molar-refractivity contribution in [1.29, 1.82) is 0 Å². The second-order valence-electron chi connectivity index (χ2n) is 13.4. The highest BCUT2D eigenvalue weighted by Gasteiger charge is 2.53.